The molecular weight excluding hydrogens is 358 g/mol. The van der Waals surface area contributed by atoms with Crippen molar-refractivity contribution in [3.63, 3.8) is 0 Å². The Morgan fingerprint density at radius 3 is 2.91 bits per heavy atom. The molecule has 3 N–H and O–H groups in total. The molecule has 0 radical (unpaired) electrons. The number of nitrogens with two attached hydrogens (primary N) is 1. The summed E-state index contributed by atoms with van der Waals surface area (Å²) in [4.78, 5) is 3.73. The average molecular weight is 374 g/mol. The number of sulfonamides is 1. The lowest BCUT2D eigenvalue weighted by Gasteiger charge is -2.17. The molecule has 2 aromatic heterocycles. The van der Waals surface area contributed by atoms with Crippen molar-refractivity contribution in [3.8, 4) is 0 Å². The molecule has 3 heterocycles. The van der Waals surface area contributed by atoms with E-state index in [1.165, 1.54) is 16.6 Å². The molecule has 1 aliphatic rings. The van der Waals surface area contributed by atoms with Crippen molar-refractivity contribution < 1.29 is 13.5 Å². The van der Waals surface area contributed by atoms with Gasteiger partial charge in [0, 0.05) is 37.7 Å². The standard InChI is InChI=1S/C14H16ClN3O3S2/c15-11-3-13(14(16)17-4-11)23(20,21)18-5-10(7-19)12(6-18)9-1-2-22-8-9/h1-4,8,10,12,19H,5-7H2,(H2,16,17)/t10-,12+/m0/s1. The Morgan fingerprint density at radius 1 is 1.48 bits per heavy atom. The number of aliphatic hydroxyl groups is 1. The lowest BCUT2D eigenvalue weighted by atomic mass is 9.92. The molecule has 124 valence electrons. The lowest BCUT2D eigenvalue weighted by molar-refractivity contribution is 0.223. The maximum atomic E-state index is 12.9. The highest BCUT2D eigenvalue weighted by Gasteiger charge is 2.40. The number of pyridine rings is 1. The number of aromatic nitrogens is 1. The highest BCUT2D eigenvalue weighted by Crippen LogP contribution is 2.37. The molecule has 1 fully saturated rings. The highest BCUT2D eigenvalue weighted by molar-refractivity contribution is 7.89. The molecule has 2 aromatic rings. The third kappa shape index (κ3) is 3.09. The fraction of sp³-hybridized carbons (Fsp3) is 0.357. The second-order valence-electron chi connectivity index (χ2n) is 5.46. The van der Waals surface area contributed by atoms with Crippen molar-refractivity contribution >= 4 is 38.8 Å². The van der Waals surface area contributed by atoms with E-state index in [9.17, 15) is 13.5 Å². The molecule has 3 rings (SSSR count). The summed E-state index contributed by atoms with van der Waals surface area (Å²) < 4.78 is 27.1. The van der Waals surface area contributed by atoms with Gasteiger partial charge < -0.3 is 10.8 Å². The largest absolute Gasteiger partial charge is 0.396 e. The molecule has 2 atom stereocenters. The van der Waals surface area contributed by atoms with E-state index in [0.717, 1.165) is 5.56 Å². The summed E-state index contributed by atoms with van der Waals surface area (Å²) in [5, 5.41) is 13.8. The van der Waals surface area contributed by atoms with E-state index in [-0.39, 0.29) is 40.7 Å². The highest BCUT2D eigenvalue weighted by atomic mass is 35.5. The smallest absolute Gasteiger partial charge is 0.246 e. The fourth-order valence-electron chi connectivity index (χ4n) is 2.85. The molecular formula is C14H16ClN3O3S2. The van der Waals surface area contributed by atoms with Gasteiger partial charge in [0.25, 0.3) is 0 Å². The first-order valence-electron chi connectivity index (χ1n) is 6.97. The SMILES string of the molecule is Nc1ncc(Cl)cc1S(=O)(=O)N1C[C@@H](CO)[C@@H](c2ccsc2)C1. The number of hydrogen-bond acceptors (Lipinski definition) is 6. The van der Waals surface area contributed by atoms with Crippen LogP contribution in [0.5, 0.6) is 0 Å². The van der Waals surface area contributed by atoms with E-state index in [2.05, 4.69) is 4.98 Å². The van der Waals surface area contributed by atoms with Gasteiger partial charge in [-0.25, -0.2) is 13.4 Å². The van der Waals surface area contributed by atoms with Crippen molar-refractivity contribution in [2.75, 3.05) is 25.4 Å². The van der Waals surface area contributed by atoms with Crippen LogP contribution in [0.25, 0.3) is 0 Å². The number of nitrogen functional groups attached to an aromatic ring is 1. The zero-order valence-electron chi connectivity index (χ0n) is 12.1. The van der Waals surface area contributed by atoms with Gasteiger partial charge in [-0.1, -0.05) is 11.6 Å². The molecule has 0 saturated carbocycles. The molecule has 0 amide bonds. The Bertz CT molecular complexity index is 796. The Balaban J connectivity index is 1.94. The molecule has 0 spiro atoms. The molecule has 23 heavy (non-hydrogen) atoms. The number of aliphatic hydroxyl groups excluding tert-OH is 1. The van der Waals surface area contributed by atoms with Crippen LogP contribution in [0.1, 0.15) is 11.5 Å². The van der Waals surface area contributed by atoms with Crippen LogP contribution in [0.3, 0.4) is 0 Å². The molecule has 1 saturated heterocycles. The van der Waals surface area contributed by atoms with Gasteiger partial charge in [-0.3, -0.25) is 0 Å². The number of anilines is 1. The lowest BCUT2D eigenvalue weighted by Crippen LogP contribution is -2.30. The van der Waals surface area contributed by atoms with Gasteiger partial charge in [-0.15, -0.1) is 0 Å². The Hall–Kier alpha value is -1.19. The van der Waals surface area contributed by atoms with Gasteiger partial charge in [0.05, 0.1) is 5.02 Å². The minimum Gasteiger partial charge on any atom is -0.396 e. The summed E-state index contributed by atoms with van der Waals surface area (Å²) in [6.45, 7) is 0.470. The Morgan fingerprint density at radius 2 is 2.26 bits per heavy atom. The number of nitrogens with zero attached hydrogens (tertiary/aromatic N) is 2. The van der Waals surface area contributed by atoms with E-state index in [4.69, 9.17) is 17.3 Å². The van der Waals surface area contributed by atoms with Gasteiger partial charge in [0.15, 0.2) is 0 Å². The van der Waals surface area contributed by atoms with Crippen LogP contribution in [0.4, 0.5) is 5.82 Å². The molecule has 0 aliphatic carbocycles. The molecule has 9 heteroatoms. The summed E-state index contributed by atoms with van der Waals surface area (Å²) in [6.07, 6.45) is 1.31. The number of halogens is 1. The van der Waals surface area contributed by atoms with Crippen molar-refractivity contribution in [2.24, 2.45) is 5.92 Å². The summed E-state index contributed by atoms with van der Waals surface area (Å²) >= 11 is 7.41. The minimum atomic E-state index is -3.81. The zero-order valence-corrected chi connectivity index (χ0v) is 14.5. The molecule has 6 nitrogen and oxygen atoms in total. The zero-order chi connectivity index (χ0) is 16.6. The van der Waals surface area contributed by atoms with E-state index < -0.39 is 10.0 Å². The van der Waals surface area contributed by atoms with E-state index in [0.29, 0.717) is 6.54 Å². The van der Waals surface area contributed by atoms with Crippen LogP contribution in [-0.2, 0) is 10.0 Å². The fourth-order valence-corrected chi connectivity index (χ4v) is 5.42. The summed E-state index contributed by atoms with van der Waals surface area (Å²) in [6, 6.07) is 3.27. The Kier molecular flexibility index (Phi) is 4.61. The van der Waals surface area contributed by atoms with E-state index in [1.807, 2.05) is 16.8 Å². The van der Waals surface area contributed by atoms with Crippen molar-refractivity contribution in [1.29, 1.82) is 0 Å². The quantitative estimate of drug-likeness (QED) is 0.851. The first kappa shape index (κ1) is 16.7. The molecule has 1 aliphatic heterocycles. The van der Waals surface area contributed by atoms with Gasteiger partial charge in [0.2, 0.25) is 10.0 Å². The van der Waals surface area contributed by atoms with E-state index >= 15 is 0 Å². The van der Waals surface area contributed by atoms with Crippen molar-refractivity contribution in [2.45, 2.75) is 10.8 Å². The van der Waals surface area contributed by atoms with Crippen LogP contribution < -0.4 is 5.73 Å². The Labute approximate surface area is 143 Å². The van der Waals surface area contributed by atoms with Crippen LogP contribution in [0, 0.1) is 5.92 Å². The normalized spacial score (nSPS) is 22.5. The minimum absolute atomic E-state index is 0.0330. The monoisotopic (exact) mass is 373 g/mol. The summed E-state index contributed by atoms with van der Waals surface area (Å²) in [7, 11) is -3.81. The maximum Gasteiger partial charge on any atom is 0.246 e. The predicted molar refractivity (Wildman–Crippen MR) is 90.1 cm³/mol. The summed E-state index contributed by atoms with van der Waals surface area (Å²) in [5.74, 6) is -0.254. The third-order valence-corrected chi connectivity index (χ3v) is 6.85. The number of rotatable bonds is 4. The average Bonchev–Trinajstić information content (AvgIpc) is 3.17. The second-order valence-corrected chi connectivity index (χ2v) is 8.59. The van der Waals surface area contributed by atoms with Crippen LogP contribution in [-0.4, -0.2) is 42.5 Å². The van der Waals surface area contributed by atoms with Crippen molar-refractivity contribution in [3.05, 3.63) is 39.7 Å². The van der Waals surface area contributed by atoms with Crippen LogP contribution in [0.2, 0.25) is 5.02 Å². The van der Waals surface area contributed by atoms with Crippen LogP contribution >= 0.6 is 22.9 Å². The summed E-state index contributed by atoms with van der Waals surface area (Å²) in [5.41, 5.74) is 6.76. The van der Waals surface area contributed by atoms with Gasteiger partial charge in [0.1, 0.15) is 10.7 Å². The van der Waals surface area contributed by atoms with Gasteiger partial charge in [-0.05, 0) is 28.5 Å². The maximum absolute atomic E-state index is 12.9. The van der Waals surface area contributed by atoms with Crippen molar-refractivity contribution in [1.82, 2.24) is 9.29 Å². The van der Waals surface area contributed by atoms with Crippen LogP contribution in [0.15, 0.2) is 34.0 Å². The third-order valence-electron chi connectivity index (χ3n) is 4.08. The van der Waals surface area contributed by atoms with Gasteiger partial charge in [-0.2, -0.15) is 15.6 Å². The molecule has 0 unspecified atom stereocenters. The molecule has 0 bridgehead atoms. The predicted octanol–water partition coefficient (Wildman–Crippen LogP) is 1.78. The first-order valence-corrected chi connectivity index (χ1v) is 9.73. The second kappa shape index (κ2) is 6.37. The van der Waals surface area contributed by atoms with E-state index in [1.54, 1.807) is 11.3 Å². The topological polar surface area (TPSA) is 96.5 Å². The molecule has 0 aromatic carbocycles. The number of thiophene rings is 1. The number of hydrogen-bond donors (Lipinski definition) is 2. The first-order chi connectivity index (χ1) is 10.9. The van der Waals surface area contributed by atoms with Gasteiger partial charge >= 0.3 is 0 Å².